The third-order valence-corrected chi connectivity index (χ3v) is 21.4. The van der Waals surface area contributed by atoms with Crippen molar-refractivity contribution in [3.63, 3.8) is 0 Å². The summed E-state index contributed by atoms with van der Waals surface area (Å²) < 4.78 is 30.7. The summed E-state index contributed by atoms with van der Waals surface area (Å²) in [5.74, 6) is 2.11. The van der Waals surface area contributed by atoms with Crippen LogP contribution in [0.2, 0.25) is 37.8 Å². The molecular formula is C55H62O7Si2. The maximum absolute atomic E-state index is 13.8. The molecule has 6 aromatic carbocycles. The number of para-hydroxylation sites is 2. The van der Waals surface area contributed by atoms with Crippen molar-refractivity contribution < 1.29 is 32.7 Å². The molecule has 1 unspecified atom stereocenters. The van der Waals surface area contributed by atoms with Crippen molar-refractivity contribution in [1.29, 1.82) is 0 Å². The number of aryl methyl sites for hydroxylation is 4. The fraction of sp³-hybridized carbons (Fsp3) is 0.309. The zero-order valence-electron chi connectivity index (χ0n) is 38.7. The topological polar surface area (TPSA) is 80.3 Å². The molecule has 1 atom stereocenters. The van der Waals surface area contributed by atoms with Crippen LogP contribution in [0.15, 0.2) is 133 Å². The number of esters is 1. The van der Waals surface area contributed by atoms with Gasteiger partial charge in [-0.05, 0) is 157 Å². The minimum absolute atomic E-state index is 0.300. The first-order valence-electron chi connectivity index (χ1n) is 22.7. The van der Waals surface area contributed by atoms with E-state index < -0.39 is 28.2 Å². The molecule has 0 aromatic heterocycles. The van der Waals surface area contributed by atoms with Crippen LogP contribution in [-0.4, -0.2) is 35.9 Å². The third-order valence-electron chi connectivity index (χ3n) is 12.7. The lowest BCUT2D eigenvalue weighted by Crippen LogP contribution is -2.46. The first-order chi connectivity index (χ1) is 30.8. The summed E-state index contributed by atoms with van der Waals surface area (Å²) in [5.41, 5.74) is 9.87. The second-order valence-electron chi connectivity index (χ2n) is 18.0. The molecule has 0 amide bonds. The lowest BCUT2D eigenvalue weighted by Gasteiger charge is -2.37. The maximum atomic E-state index is 13.8. The average molecular weight is 891 g/mol. The van der Waals surface area contributed by atoms with Crippen LogP contribution >= 0.6 is 0 Å². The molecule has 9 heteroatoms. The van der Waals surface area contributed by atoms with Crippen LogP contribution in [0.1, 0.15) is 77.6 Å². The molecule has 0 spiro atoms. The van der Waals surface area contributed by atoms with E-state index in [1.54, 1.807) is 7.11 Å². The van der Waals surface area contributed by atoms with Crippen LogP contribution in [0.4, 0.5) is 4.79 Å². The summed E-state index contributed by atoms with van der Waals surface area (Å²) in [6, 6.07) is 48.4. The number of hydrogen-bond acceptors (Lipinski definition) is 7. The van der Waals surface area contributed by atoms with Crippen molar-refractivity contribution in [2.45, 2.75) is 103 Å². The van der Waals surface area contributed by atoms with Crippen molar-refractivity contribution in [1.82, 2.24) is 0 Å². The lowest BCUT2D eigenvalue weighted by molar-refractivity contribution is -0.131. The first kappa shape index (κ1) is 46.3. The van der Waals surface area contributed by atoms with Gasteiger partial charge in [0.05, 0.1) is 12.5 Å². The molecule has 0 N–H and O–H groups in total. The Labute approximate surface area is 382 Å². The lowest BCUT2D eigenvalue weighted by atomic mass is 9.67. The second-order valence-corrected chi connectivity index (χ2v) is 26.8. The summed E-state index contributed by atoms with van der Waals surface area (Å²) in [7, 11) is -2.35. The molecule has 332 valence electrons. The van der Waals surface area contributed by atoms with Crippen molar-refractivity contribution in [2.24, 2.45) is 0 Å². The Kier molecular flexibility index (Phi) is 14.4. The number of ether oxygens (including phenoxy) is 4. The van der Waals surface area contributed by atoms with Crippen molar-refractivity contribution >= 4 is 28.8 Å². The highest BCUT2D eigenvalue weighted by Gasteiger charge is 2.46. The molecule has 0 heterocycles. The number of methoxy groups -OCH3 is 1. The van der Waals surface area contributed by atoms with Crippen LogP contribution in [0.5, 0.6) is 23.0 Å². The highest BCUT2D eigenvalue weighted by atomic mass is 28.4. The van der Waals surface area contributed by atoms with Crippen LogP contribution in [0.25, 0.3) is 11.1 Å². The van der Waals surface area contributed by atoms with E-state index in [2.05, 4.69) is 106 Å². The smallest absolute Gasteiger partial charge is 0.496 e. The van der Waals surface area contributed by atoms with E-state index in [0.29, 0.717) is 17.2 Å². The van der Waals surface area contributed by atoms with Crippen LogP contribution in [-0.2, 0) is 27.2 Å². The maximum Gasteiger partial charge on any atom is 0.519 e. The number of carbonyl (C=O) groups is 2. The predicted octanol–water partition coefficient (Wildman–Crippen LogP) is 14.0. The standard InChI is InChI=1S/C55H62O7Si2/c1-9-34-64(8,36-19-23-42-20-10-16-28-50(42)59-41(4)56)62-63(6,7)35-18-22-43-21-11-17-29-51(43)60-54(57)61-53-38-45(33-31-40(53)3)55(44-32-30-39(2)52(37-44)58-5)48-26-14-12-24-46(48)47-25-13-15-27-49(47)55/h10-17,20-21,24-33,37-38H,9,18-19,22-23,34-36H2,1-8H3. The van der Waals surface area contributed by atoms with Gasteiger partial charge in [-0.2, -0.15) is 0 Å². The van der Waals surface area contributed by atoms with Crippen molar-refractivity contribution in [2.75, 3.05) is 7.11 Å². The Morgan fingerprint density at radius 3 is 1.61 bits per heavy atom. The number of benzene rings is 6. The zero-order valence-corrected chi connectivity index (χ0v) is 40.7. The van der Waals surface area contributed by atoms with E-state index >= 15 is 0 Å². The Hall–Kier alpha value is -5.75. The fourth-order valence-corrected chi connectivity index (χ4v) is 19.6. The van der Waals surface area contributed by atoms with Gasteiger partial charge in [-0.1, -0.05) is 123 Å². The fourth-order valence-electron chi connectivity index (χ4n) is 9.83. The number of rotatable bonds is 18. The second kappa shape index (κ2) is 20.0. The largest absolute Gasteiger partial charge is 0.519 e. The van der Waals surface area contributed by atoms with E-state index in [9.17, 15) is 9.59 Å². The number of hydrogen-bond donors (Lipinski definition) is 0. The van der Waals surface area contributed by atoms with E-state index in [1.807, 2.05) is 67.6 Å². The SMILES string of the molecule is CCC[Si](C)(CCCc1ccccc1OC(C)=O)O[Si](C)(C)CCCc1ccccc1OC(=O)Oc1cc(C2(c3ccc(C)c(OC)c3)c3ccccc3-c3ccccc32)ccc1C. The Balaban J connectivity index is 1.05. The van der Waals surface area contributed by atoms with Gasteiger partial charge < -0.3 is 23.1 Å². The molecule has 1 aliphatic carbocycles. The van der Waals surface area contributed by atoms with Gasteiger partial charge >= 0.3 is 12.1 Å². The van der Waals surface area contributed by atoms with Gasteiger partial charge in [0.15, 0.2) is 16.6 Å². The summed E-state index contributed by atoms with van der Waals surface area (Å²) >= 11 is 0. The zero-order chi connectivity index (χ0) is 45.5. The van der Waals surface area contributed by atoms with Crippen molar-refractivity contribution in [3.05, 3.63) is 178 Å². The Morgan fingerprint density at radius 2 is 1.05 bits per heavy atom. The molecule has 0 saturated carbocycles. The minimum atomic E-state index is -2.05. The van der Waals surface area contributed by atoms with E-state index in [-0.39, 0.29) is 5.97 Å². The molecule has 0 bridgehead atoms. The Morgan fingerprint density at radius 1 is 0.562 bits per heavy atom. The van der Waals surface area contributed by atoms with Crippen LogP contribution in [0.3, 0.4) is 0 Å². The highest BCUT2D eigenvalue weighted by Crippen LogP contribution is 2.57. The highest BCUT2D eigenvalue weighted by molar-refractivity contribution is 6.85. The molecular weight excluding hydrogens is 829 g/mol. The van der Waals surface area contributed by atoms with Gasteiger partial charge in [0.1, 0.15) is 23.0 Å². The molecule has 0 saturated heterocycles. The molecule has 7 rings (SSSR count). The average Bonchev–Trinajstić information content (AvgIpc) is 3.56. The molecule has 0 radical (unpaired) electrons. The van der Waals surface area contributed by atoms with Gasteiger partial charge in [-0.25, -0.2) is 4.79 Å². The van der Waals surface area contributed by atoms with Gasteiger partial charge in [0.25, 0.3) is 0 Å². The van der Waals surface area contributed by atoms with E-state index in [1.165, 1.54) is 18.1 Å². The molecule has 0 fully saturated rings. The summed E-state index contributed by atoms with van der Waals surface area (Å²) in [4.78, 5) is 25.5. The molecule has 7 nitrogen and oxygen atoms in total. The minimum Gasteiger partial charge on any atom is -0.496 e. The third kappa shape index (κ3) is 10.1. The van der Waals surface area contributed by atoms with Crippen LogP contribution < -0.4 is 18.9 Å². The van der Waals surface area contributed by atoms with Gasteiger partial charge in [0, 0.05) is 6.92 Å². The summed E-state index contributed by atoms with van der Waals surface area (Å²) in [5, 5.41) is 0. The van der Waals surface area contributed by atoms with Crippen molar-refractivity contribution in [3.8, 4) is 34.1 Å². The summed E-state index contributed by atoms with van der Waals surface area (Å²) in [6.45, 7) is 14.7. The number of carbonyl (C=O) groups excluding carboxylic acids is 2. The molecule has 0 aliphatic heterocycles. The normalized spacial score (nSPS) is 13.6. The Bertz CT molecular complexity index is 2570. The van der Waals surface area contributed by atoms with Crippen LogP contribution in [0, 0.1) is 13.8 Å². The summed E-state index contributed by atoms with van der Waals surface area (Å²) in [6.07, 6.45) is 3.81. The van der Waals surface area contributed by atoms with E-state index in [0.717, 1.165) is 100 Å². The predicted molar refractivity (Wildman–Crippen MR) is 262 cm³/mol. The van der Waals surface area contributed by atoms with Gasteiger partial charge in [-0.3, -0.25) is 4.79 Å². The van der Waals surface area contributed by atoms with Gasteiger partial charge in [-0.15, -0.1) is 0 Å². The van der Waals surface area contributed by atoms with E-state index in [4.69, 9.17) is 23.1 Å². The quantitative estimate of drug-likeness (QED) is 0.0367. The monoisotopic (exact) mass is 890 g/mol. The first-order valence-corrected chi connectivity index (χ1v) is 28.6. The molecule has 6 aromatic rings. The molecule has 1 aliphatic rings. The number of fused-ring (bicyclic) bond motifs is 3. The molecule has 64 heavy (non-hydrogen) atoms. The van der Waals surface area contributed by atoms with Gasteiger partial charge in [0.2, 0.25) is 0 Å².